The lowest BCUT2D eigenvalue weighted by atomic mass is 10.1. The van der Waals surface area contributed by atoms with Crippen molar-refractivity contribution < 1.29 is 18.7 Å². The third-order valence-electron chi connectivity index (χ3n) is 2.88. The Bertz CT molecular complexity index is 416. The van der Waals surface area contributed by atoms with Crippen molar-refractivity contribution in [2.24, 2.45) is 5.92 Å². The highest BCUT2D eigenvalue weighted by Gasteiger charge is 2.16. The maximum Gasteiger partial charge on any atom is 0.192 e. The van der Waals surface area contributed by atoms with Crippen LogP contribution in [0.2, 0.25) is 0 Å². The lowest BCUT2D eigenvalue weighted by Gasteiger charge is -2.16. The Balaban J connectivity index is 2.75. The van der Waals surface area contributed by atoms with Crippen LogP contribution in [0.25, 0.3) is 0 Å². The van der Waals surface area contributed by atoms with Gasteiger partial charge >= 0.3 is 0 Å². The van der Waals surface area contributed by atoms with Crippen LogP contribution in [0.15, 0.2) is 18.2 Å². The predicted molar refractivity (Wildman–Crippen MR) is 67.5 cm³/mol. The van der Waals surface area contributed by atoms with Crippen molar-refractivity contribution >= 4 is 5.78 Å². The predicted octanol–water partition coefficient (Wildman–Crippen LogP) is 3.08. The molecule has 100 valence electrons. The second-order valence-corrected chi connectivity index (χ2v) is 4.53. The van der Waals surface area contributed by atoms with Crippen molar-refractivity contribution in [1.82, 2.24) is 0 Å². The van der Waals surface area contributed by atoms with Crippen molar-refractivity contribution in [3.63, 3.8) is 0 Å². The van der Waals surface area contributed by atoms with Crippen molar-refractivity contribution in [3.8, 4) is 5.75 Å². The average molecular weight is 254 g/mol. The lowest BCUT2D eigenvalue weighted by molar-refractivity contribution is 0.0335. The molecule has 0 saturated heterocycles. The summed E-state index contributed by atoms with van der Waals surface area (Å²) >= 11 is 0. The van der Waals surface area contributed by atoms with E-state index in [1.807, 2.05) is 20.8 Å². The molecule has 0 aliphatic carbocycles. The van der Waals surface area contributed by atoms with Gasteiger partial charge in [-0.15, -0.1) is 0 Å². The third kappa shape index (κ3) is 3.81. The van der Waals surface area contributed by atoms with Crippen molar-refractivity contribution in [2.45, 2.75) is 26.9 Å². The second kappa shape index (κ2) is 6.50. The number of ether oxygens (including phenoxy) is 2. The number of Topliss-reactive ketones (excluding diaryl/α,β-unsaturated/α-hetero) is 1. The highest BCUT2D eigenvalue weighted by molar-refractivity contribution is 5.99. The highest BCUT2D eigenvalue weighted by Crippen LogP contribution is 2.20. The summed E-state index contributed by atoms with van der Waals surface area (Å²) in [6, 6.07) is 3.87. The average Bonchev–Trinajstić information content (AvgIpc) is 2.35. The van der Waals surface area contributed by atoms with E-state index >= 15 is 0 Å². The van der Waals surface area contributed by atoms with E-state index in [1.165, 1.54) is 25.3 Å². The fraction of sp³-hybridized carbons (Fsp3) is 0.500. The van der Waals surface area contributed by atoms with E-state index in [2.05, 4.69) is 0 Å². The molecule has 1 aromatic carbocycles. The molecule has 0 radical (unpaired) electrons. The molecule has 0 saturated carbocycles. The summed E-state index contributed by atoms with van der Waals surface area (Å²) in [6.45, 7) is 5.86. The first-order valence-corrected chi connectivity index (χ1v) is 5.94. The zero-order chi connectivity index (χ0) is 13.7. The molecule has 1 unspecified atom stereocenters. The molecule has 0 amide bonds. The molecule has 1 aromatic rings. The molecule has 0 N–H and O–H groups in total. The third-order valence-corrected chi connectivity index (χ3v) is 2.88. The van der Waals surface area contributed by atoms with Gasteiger partial charge in [-0.3, -0.25) is 4.79 Å². The highest BCUT2D eigenvalue weighted by atomic mass is 19.1. The standard InChI is InChI=1S/C14H19FO3/c1-9(2)10(3)18-8-13(16)12-7-11(15)5-6-14(12)17-4/h5-7,9-10H,8H2,1-4H3. The lowest BCUT2D eigenvalue weighted by Crippen LogP contribution is -2.20. The monoisotopic (exact) mass is 254 g/mol. The number of hydrogen-bond acceptors (Lipinski definition) is 3. The van der Waals surface area contributed by atoms with E-state index in [9.17, 15) is 9.18 Å². The number of methoxy groups -OCH3 is 1. The quantitative estimate of drug-likeness (QED) is 0.732. The molecular weight excluding hydrogens is 235 g/mol. The van der Waals surface area contributed by atoms with Gasteiger partial charge in [0.1, 0.15) is 18.2 Å². The Morgan fingerprint density at radius 1 is 1.33 bits per heavy atom. The van der Waals surface area contributed by atoms with Crippen LogP contribution in [0.1, 0.15) is 31.1 Å². The first-order chi connectivity index (χ1) is 8.45. The Labute approximate surface area is 107 Å². The number of ketones is 1. The Morgan fingerprint density at radius 3 is 2.56 bits per heavy atom. The van der Waals surface area contributed by atoms with Gasteiger partial charge < -0.3 is 9.47 Å². The molecule has 0 heterocycles. The zero-order valence-corrected chi connectivity index (χ0v) is 11.2. The summed E-state index contributed by atoms with van der Waals surface area (Å²) in [5, 5.41) is 0. The molecule has 0 spiro atoms. The van der Waals surface area contributed by atoms with Gasteiger partial charge in [-0.05, 0) is 31.0 Å². The van der Waals surface area contributed by atoms with Crippen LogP contribution in [0.4, 0.5) is 4.39 Å². The minimum absolute atomic E-state index is 0.0199. The minimum atomic E-state index is -0.462. The second-order valence-electron chi connectivity index (χ2n) is 4.53. The normalized spacial score (nSPS) is 12.6. The first kappa shape index (κ1) is 14.6. The van der Waals surface area contributed by atoms with Crippen LogP contribution in [-0.2, 0) is 4.74 Å². The molecule has 0 aliphatic rings. The SMILES string of the molecule is COc1ccc(F)cc1C(=O)COC(C)C(C)C. The Kier molecular flexibility index (Phi) is 5.28. The fourth-order valence-corrected chi connectivity index (χ4v) is 1.38. The van der Waals surface area contributed by atoms with E-state index < -0.39 is 5.82 Å². The summed E-state index contributed by atoms with van der Waals surface area (Å²) in [5.41, 5.74) is 0.216. The maximum absolute atomic E-state index is 13.1. The van der Waals surface area contributed by atoms with Crippen molar-refractivity contribution in [1.29, 1.82) is 0 Å². The van der Waals surface area contributed by atoms with E-state index in [1.54, 1.807) is 0 Å². The van der Waals surface area contributed by atoms with E-state index in [-0.39, 0.29) is 24.1 Å². The zero-order valence-electron chi connectivity index (χ0n) is 11.2. The van der Waals surface area contributed by atoms with Crippen molar-refractivity contribution in [2.75, 3.05) is 13.7 Å². The molecule has 1 atom stereocenters. The summed E-state index contributed by atoms with van der Waals surface area (Å²) in [4.78, 5) is 11.9. The number of carbonyl (C=O) groups excluding carboxylic acids is 1. The van der Waals surface area contributed by atoms with Crippen LogP contribution in [0.5, 0.6) is 5.75 Å². The first-order valence-electron chi connectivity index (χ1n) is 5.94. The molecule has 1 rings (SSSR count). The fourth-order valence-electron chi connectivity index (χ4n) is 1.38. The van der Waals surface area contributed by atoms with E-state index in [4.69, 9.17) is 9.47 Å². The summed E-state index contributed by atoms with van der Waals surface area (Å²) in [5.74, 6) is -0.0516. The van der Waals surface area contributed by atoms with Crippen LogP contribution < -0.4 is 4.74 Å². The van der Waals surface area contributed by atoms with E-state index in [0.29, 0.717) is 11.7 Å². The van der Waals surface area contributed by atoms with Crippen molar-refractivity contribution in [3.05, 3.63) is 29.6 Å². The van der Waals surface area contributed by atoms with Crippen LogP contribution in [0, 0.1) is 11.7 Å². The molecule has 0 aliphatic heterocycles. The van der Waals surface area contributed by atoms with Gasteiger partial charge in [-0.25, -0.2) is 4.39 Å². The number of hydrogen-bond donors (Lipinski definition) is 0. The van der Waals surface area contributed by atoms with Gasteiger partial charge in [0.2, 0.25) is 0 Å². The largest absolute Gasteiger partial charge is 0.496 e. The van der Waals surface area contributed by atoms with Gasteiger partial charge in [0.25, 0.3) is 0 Å². The minimum Gasteiger partial charge on any atom is -0.496 e. The number of benzene rings is 1. The maximum atomic E-state index is 13.1. The molecule has 4 heteroatoms. The van der Waals surface area contributed by atoms with Crippen LogP contribution in [0.3, 0.4) is 0 Å². The molecular formula is C14H19FO3. The Morgan fingerprint density at radius 2 is 2.00 bits per heavy atom. The number of halogens is 1. The molecule has 0 fully saturated rings. The smallest absolute Gasteiger partial charge is 0.192 e. The van der Waals surface area contributed by atoms with Gasteiger partial charge in [0.05, 0.1) is 18.8 Å². The molecule has 0 bridgehead atoms. The summed E-state index contributed by atoms with van der Waals surface area (Å²) in [7, 11) is 1.45. The van der Waals surface area contributed by atoms with Gasteiger partial charge in [-0.2, -0.15) is 0 Å². The van der Waals surface area contributed by atoms with Crippen LogP contribution >= 0.6 is 0 Å². The molecule has 0 aromatic heterocycles. The summed E-state index contributed by atoms with van der Waals surface area (Å²) in [6.07, 6.45) is -0.0199. The number of carbonyl (C=O) groups is 1. The van der Waals surface area contributed by atoms with E-state index in [0.717, 1.165) is 0 Å². The van der Waals surface area contributed by atoms with Gasteiger partial charge in [0, 0.05) is 0 Å². The van der Waals surface area contributed by atoms with Crippen LogP contribution in [-0.4, -0.2) is 25.6 Å². The van der Waals surface area contributed by atoms with Gasteiger partial charge in [-0.1, -0.05) is 13.8 Å². The Hall–Kier alpha value is -1.42. The topological polar surface area (TPSA) is 35.5 Å². The molecule has 18 heavy (non-hydrogen) atoms. The number of rotatable bonds is 6. The van der Waals surface area contributed by atoms with Gasteiger partial charge in [0.15, 0.2) is 5.78 Å². The summed E-state index contributed by atoms with van der Waals surface area (Å²) < 4.78 is 23.6. The molecule has 3 nitrogen and oxygen atoms in total.